The summed E-state index contributed by atoms with van der Waals surface area (Å²) in [5, 5.41) is 11.6. The van der Waals surface area contributed by atoms with Gasteiger partial charge in [0, 0.05) is 32.1 Å². The van der Waals surface area contributed by atoms with Gasteiger partial charge in [-0.2, -0.15) is 0 Å². The molecule has 0 spiro atoms. The van der Waals surface area contributed by atoms with Crippen LogP contribution in [0.4, 0.5) is 0 Å². The number of rotatable bonds is 5. The Balaban J connectivity index is 0.00000225. The van der Waals surface area contributed by atoms with Gasteiger partial charge in [-0.1, -0.05) is 30.3 Å². The van der Waals surface area contributed by atoms with Crippen LogP contribution < -0.4 is 5.32 Å². The highest BCUT2D eigenvalue weighted by atomic mass is 127. The fourth-order valence-electron chi connectivity index (χ4n) is 3.19. The summed E-state index contributed by atoms with van der Waals surface area (Å²) in [6.07, 6.45) is 2.93. The van der Waals surface area contributed by atoms with E-state index in [2.05, 4.69) is 64.6 Å². The molecule has 7 heteroatoms. The second-order valence-electron chi connectivity index (χ2n) is 6.05. The molecule has 0 saturated carbocycles. The molecule has 0 radical (unpaired) electrons. The van der Waals surface area contributed by atoms with E-state index in [0.717, 1.165) is 38.0 Å². The van der Waals surface area contributed by atoms with E-state index in [-0.39, 0.29) is 24.0 Å². The van der Waals surface area contributed by atoms with Crippen molar-refractivity contribution in [2.75, 3.05) is 19.6 Å². The number of aliphatic imine (C=N–C) groups is 1. The molecule has 1 aromatic heterocycles. The molecule has 1 fully saturated rings. The molecule has 1 aliphatic heterocycles. The predicted octanol–water partition coefficient (Wildman–Crippen LogP) is 2.87. The van der Waals surface area contributed by atoms with Gasteiger partial charge < -0.3 is 14.8 Å². The Hall–Kier alpha value is -1.64. The topological polar surface area (TPSA) is 58.3 Å². The number of hydrogen-bond acceptors (Lipinski definition) is 3. The first-order valence-corrected chi connectivity index (χ1v) is 8.76. The van der Waals surface area contributed by atoms with Gasteiger partial charge in [0.2, 0.25) is 0 Å². The maximum Gasteiger partial charge on any atom is 0.194 e. The highest BCUT2D eigenvalue weighted by Gasteiger charge is 2.25. The lowest BCUT2D eigenvalue weighted by Crippen LogP contribution is -2.40. The van der Waals surface area contributed by atoms with Crippen molar-refractivity contribution in [1.82, 2.24) is 25.0 Å². The fourth-order valence-corrected chi connectivity index (χ4v) is 3.19. The standard InChI is InChI=1S/C18H26N6.HI/c1-3-19-18(20-12-17-22-21-14-23(17)4-2)24-11-10-16(13-24)15-8-6-5-7-9-15;/h5-9,14,16H,3-4,10-13H2,1-2H3,(H,19,20);1H. The van der Waals surface area contributed by atoms with Gasteiger partial charge in [0.05, 0.1) is 0 Å². The molecule has 1 N–H and O–H groups in total. The average molecular weight is 454 g/mol. The number of benzene rings is 1. The van der Waals surface area contributed by atoms with Crippen LogP contribution >= 0.6 is 24.0 Å². The molecule has 1 atom stereocenters. The first kappa shape index (κ1) is 19.7. The third-order valence-electron chi connectivity index (χ3n) is 4.50. The number of aromatic nitrogens is 3. The summed E-state index contributed by atoms with van der Waals surface area (Å²) in [5.74, 6) is 2.46. The van der Waals surface area contributed by atoms with Crippen LogP contribution in [0.5, 0.6) is 0 Å². The van der Waals surface area contributed by atoms with Gasteiger partial charge in [-0.3, -0.25) is 0 Å². The van der Waals surface area contributed by atoms with E-state index >= 15 is 0 Å². The van der Waals surface area contributed by atoms with Gasteiger partial charge in [-0.15, -0.1) is 34.2 Å². The molecule has 0 amide bonds. The van der Waals surface area contributed by atoms with Gasteiger partial charge in [0.1, 0.15) is 12.9 Å². The molecule has 1 unspecified atom stereocenters. The Labute approximate surface area is 166 Å². The largest absolute Gasteiger partial charge is 0.357 e. The third kappa shape index (κ3) is 4.93. The summed E-state index contributed by atoms with van der Waals surface area (Å²) >= 11 is 0. The van der Waals surface area contributed by atoms with Crippen molar-refractivity contribution in [2.24, 2.45) is 4.99 Å². The first-order chi connectivity index (χ1) is 11.8. The molecule has 1 aromatic carbocycles. The minimum atomic E-state index is 0. The van der Waals surface area contributed by atoms with Gasteiger partial charge >= 0.3 is 0 Å². The Morgan fingerprint density at radius 3 is 2.80 bits per heavy atom. The first-order valence-electron chi connectivity index (χ1n) is 8.76. The van der Waals surface area contributed by atoms with Crippen LogP contribution in [-0.4, -0.2) is 45.3 Å². The van der Waals surface area contributed by atoms with E-state index in [0.29, 0.717) is 12.5 Å². The van der Waals surface area contributed by atoms with Crippen molar-refractivity contribution in [3.8, 4) is 0 Å². The number of likely N-dealkylation sites (tertiary alicyclic amines) is 1. The van der Waals surface area contributed by atoms with Crippen LogP contribution in [0.1, 0.15) is 37.6 Å². The molecular weight excluding hydrogens is 427 g/mol. The van der Waals surface area contributed by atoms with Crippen molar-refractivity contribution >= 4 is 29.9 Å². The van der Waals surface area contributed by atoms with Crippen molar-refractivity contribution in [2.45, 2.75) is 39.3 Å². The maximum atomic E-state index is 4.78. The lowest BCUT2D eigenvalue weighted by Gasteiger charge is -2.21. The minimum absolute atomic E-state index is 0. The van der Waals surface area contributed by atoms with E-state index in [4.69, 9.17) is 4.99 Å². The van der Waals surface area contributed by atoms with Crippen LogP contribution in [-0.2, 0) is 13.1 Å². The SMILES string of the molecule is CCNC(=NCc1nncn1CC)N1CCC(c2ccccc2)C1.I. The predicted molar refractivity (Wildman–Crippen MR) is 111 cm³/mol. The van der Waals surface area contributed by atoms with Crippen LogP contribution in [0.3, 0.4) is 0 Å². The number of hydrogen-bond donors (Lipinski definition) is 1. The monoisotopic (exact) mass is 454 g/mol. The van der Waals surface area contributed by atoms with Crippen molar-refractivity contribution in [3.63, 3.8) is 0 Å². The van der Waals surface area contributed by atoms with E-state index in [1.165, 1.54) is 12.0 Å². The summed E-state index contributed by atoms with van der Waals surface area (Å²) in [4.78, 5) is 7.14. The number of nitrogens with zero attached hydrogens (tertiary/aromatic N) is 5. The highest BCUT2D eigenvalue weighted by Crippen LogP contribution is 2.26. The van der Waals surface area contributed by atoms with Gasteiger partial charge in [0.15, 0.2) is 11.8 Å². The summed E-state index contributed by atoms with van der Waals surface area (Å²) in [5.41, 5.74) is 1.42. The third-order valence-corrected chi connectivity index (χ3v) is 4.50. The quantitative estimate of drug-likeness (QED) is 0.429. The molecule has 1 saturated heterocycles. The van der Waals surface area contributed by atoms with Crippen LogP contribution in [0.2, 0.25) is 0 Å². The summed E-state index contributed by atoms with van der Waals surface area (Å²) in [7, 11) is 0. The smallest absolute Gasteiger partial charge is 0.194 e. The molecule has 0 bridgehead atoms. The maximum absolute atomic E-state index is 4.78. The van der Waals surface area contributed by atoms with Gasteiger partial charge in [-0.25, -0.2) is 4.99 Å². The van der Waals surface area contributed by atoms with Crippen molar-refractivity contribution in [3.05, 3.63) is 48.0 Å². The second kappa shape index (κ2) is 9.74. The molecule has 6 nitrogen and oxygen atoms in total. The van der Waals surface area contributed by atoms with Crippen molar-refractivity contribution in [1.29, 1.82) is 0 Å². The highest BCUT2D eigenvalue weighted by molar-refractivity contribution is 14.0. The number of aryl methyl sites for hydroxylation is 1. The second-order valence-corrected chi connectivity index (χ2v) is 6.05. The number of halogens is 1. The van der Waals surface area contributed by atoms with Crippen LogP contribution in [0, 0.1) is 0 Å². The Morgan fingerprint density at radius 2 is 2.08 bits per heavy atom. The Bertz CT molecular complexity index is 669. The minimum Gasteiger partial charge on any atom is -0.357 e. The molecule has 136 valence electrons. The van der Waals surface area contributed by atoms with Crippen LogP contribution in [0.15, 0.2) is 41.7 Å². The Kier molecular flexibility index (Phi) is 7.67. The summed E-state index contributed by atoms with van der Waals surface area (Å²) < 4.78 is 2.03. The van der Waals surface area contributed by atoms with E-state index < -0.39 is 0 Å². The summed E-state index contributed by atoms with van der Waals surface area (Å²) in [6, 6.07) is 10.8. The Morgan fingerprint density at radius 1 is 1.28 bits per heavy atom. The molecule has 0 aliphatic carbocycles. The van der Waals surface area contributed by atoms with Gasteiger partial charge in [-0.05, 0) is 25.8 Å². The lowest BCUT2D eigenvalue weighted by atomic mass is 9.99. The molecule has 2 heterocycles. The average Bonchev–Trinajstić information content (AvgIpc) is 3.28. The zero-order chi connectivity index (χ0) is 16.8. The molecule has 1 aliphatic rings. The van der Waals surface area contributed by atoms with Gasteiger partial charge in [0.25, 0.3) is 0 Å². The number of guanidine groups is 1. The van der Waals surface area contributed by atoms with E-state index in [9.17, 15) is 0 Å². The normalized spacial score (nSPS) is 17.4. The summed E-state index contributed by atoms with van der Waals surface area (Å²) in [6.45, 7) is 8.53. The molecular formula is C18H27IN6. The van der Waals surface area contributed by atoms with E-state index in [1.807, 2.05) is 4.57 Å². The fraction of sp³-hybridized carbons (Fsp3) is 0.500. The zero-order valence-corrected chi connectivity index (χ0v) is 17.3. The zero-order valence-electron chi connectivity index (χ0n) is 14.9. The molecule has 25 heavy (non-hydrogen) atoms. The number of nitrogens with one attached hydrogen (secondary N) is 1. The van der Waals surface area contributed by atoms with Crippen LogP contribution in [0.25, 0.3) is 0 Å². The lowest BCUT2D eigenvalue weighted by molar-refractivity contribution is 0.485. The van der Waals surface area contributed by atoms with E-state index in [1.54, 1.807) is 6.33 Å². The molecule has 3 rings (SSSR count). The molecule has 2 aromatic rings. The van der Waals surface area contributed by atoms with Crippen molar-refractivity contribution < 1.29 is 0 Å².